The first-order valence-electron chi connectivity index (χ1n) is 23.6. The molecule has 0 aliphatic rings. The summed E-state index contributed by atoms with van der Waals surface area (Å²) in [5, 5.41) is 4.76. The molecule has 0 spiro atoms. The molecule has 324 valence electrons. The van der Waals surface area contributed by atoms with Gasteiger partial charge in [-0.05, 0) is 134 Å². The quantitative estimate of drug-likeness (QED) is 0.144. The predicted octanol–water partition coefficient (Wildman–Crippen LogP) is 18.5. The molecule has 2 heterocycles. The number of furan rings is 1. The van der Waals surface area contributed by atoms with Crippen LogP contribution in [0.15, 0.2) is 271 Å². The molecule has 2 aromatic heterocycles. The number of hydrogen-bond acceptors (Lipinski definition) is 2. The Bertz CT molecular complexity index is 3970. The van der Waals surface area contributed by atoms with Crippen LogP contribution in [0.1, 0.15) is 0 Å². The molecule has 0 fully saturated rings. The van der Waals surface area contributed by atoms with Crippen LogP contribution in [-0.4, -0.2) is 4.57 Å². The molecule has 0 amide bonds. The Morgan fingerprint density at radius 3 is 1.46 bits per heavy atom. The van der Waals surface area contributed by atoms with E-state index in [9.17, 15) is 0 Å². The molecule has 11 aromatic carbocycles. The lowest BCUT2D eigenvalue weighted by Crippen LogP contribution is -2.10. The molecule has 69 heavy (non-hydrogen) atoms. The molecule has 0 bridgehead atoms. The summed E-state index contributed by atoms with van der Waals surface area (Å²) in [5.74, 6) is 0. The van der Waals surface area contributed by atoms with Gasteiger partial charge in [0.25, 0.3) is 0 Å². The van der Waals surface area contributed by atoms with E-state index >= 15 is 0 Å². The smallest absolute Gasteiger partial charge is 0.136 e. The summed E-state index contributed by atoms with van der Waals surface area (Å²) in [6.45, 7) is 0. The first-order chi connectivity index (χ1) is 34.2. The van der Waals surface area contributed by atoms with Gasteiger partial charge in [0.05, 0.1) is 11.0 Å². The minimum absolute atomic E-state index is 0.885. The number of aromatic nitrogens is 1. The lowest BCUT2D eigenvalue weighted by atomic mass is 9.94. The number of fused-ring (bicyclic) bond motifs is 6. The number of hydrogen-bond donors (Lipinski definition) is 0. The van der Waals surface area contributed by atoms with E-state index in [1.807, 2.05) is 12.1 Å². The van der Waals surface area contributed by atoms with E-state index in [-0.39, 0.29) is 0 Å². The van der Waals surface area contributed by atoms with Gasteiger partial charge in [-0.25, -0.2) is 0 Å². The fourth-order valence-corrected chi connectivity index (χ4v) is 10.4. The van der Waals surface area contributed by atoms with Crippen molar-refractivity contribution in [1.29, 1.82) is 0 Å². The van der Waals surface area contributed by atoms with Crippen LogP contribution in [0.5, 0.6) is 0 Å². The third-order valence-corrected chi connectivity index (χ3v) is 13.6. The Morgan fingerprint density at radius 2 is 0.754 bits per heavy atom. The predicted molar refractivity (Wildman–Crippen MR) is 290 cm³/mol. The lowest BCUT2D eigenvalue weighted by Gasteiger charge is -2.27. The SMILES string of the molecule is c1ccc(-c2ccccc2-c2cccc(N(c3ccc(-c4cccc(-c5cccc(-n6c7ccccc7c7ccccc76)c5)c4)cc3)c3cccc(-c4cccc5oc6ccccc6c45)c3)c2)cc1. The Kier molecular flexibility index (Phi) is 9.84. The zero-order chi connectivity index (χ0) is 45.7. The summed E-state index contributed by atoms with van der Waals surface area (Å²) < 4.78 is 8.73. The first-order valence-corrected chi connectivity index (χ1v) is 23.6. The maximum atomic E-state index is 6.34. The second-order valence-electron chi connectivity index (χ2n) is 17.7. The largest absolute Gasteiger partial charge is 0.456 e. The third-order valence-electron chi connectivity index (χ3n) is 13.6. The second kappa shape index (κ2) is 16.9. The molecular weight excluding hydrogens is 837 g/mol. The van der Waals surface area contributed by atoms with Gasteiger partial charge in [-0.1, -0.05) is 188 Å². The number of benzene rings is 11. The van der Waals surface area contributed by atoms with E-state index in [1.54, 1.807) is 0 Å². The average Bonchev–Trinajstić information content (AvgIpc) is 3.98. The van der Waals surface area contributed by atoms with Gasteiger partial charge in [0.2, 0.25) is 0 Å². The third kappa shape index (κ3) is 7.16. The highest BCUT2D eigenvalue weighted by atomic mass is 16.3. The van der Waals surface area contributed by atoms with E-state index < -0.39 is 0 Å². The minimum atomic E-state index is 0.885. The fourth-order valence-electron chi connectivity index (χ4n) is 10.4. The Labute approximate surface area is 401 Å². The van der Waals surface area contributed by atoms with E-state index in [0.29, 0.717) is 0 Å². The monoisotopic (exact) mass is 880 g/mol. The van der Waals surface area contributed by atoms with Gasteiger partial charge in [0.15, 0.2) is 0 Å². The minimum Gasteiger partial charge on any atom is -0.456 e. The number of para-hydroxylation sites is 3. The summed E-state index contributed by atoms with van der Waals surface area (Å²) in [7, 11) is 0. The summed E-state index contributed by atoms with van der Waals surface area (Å²) in [4.78, 5) is 2.38. The molecule has 0 radical (unpaired) electrons. The molecule has 0 atom stereocenters. The zero-order valence-corrected chi connectivity index (χ0v) is 37.7. The maximum Gasteiger partial charge on any atom is 0.136 e. The van der Waals surface area contributed by atoms with Crippen LogP contribution in [0.3, 0.4) is 0 Å². The highest BCUT2D eigenvalue weighted by molar-refractivity contribution is 6.13. The van der Waals surface area contributed by atoms with Crippen LogP contribution in [0.4, 0.5) is 17.1 Å². The molecule has 0 saturated carbocycles. The van der Waals surface area contributed by atoms with Gasteiger partial charge in [0.1, 0.15) is 11.2 Å². The van der Waals surface area contributed by atoms with Crippen LogP contribution < -0.4 is 4.90 Å². The van der Waals surface area contributed by atoms with Gasteiger partial charge < -0.3 is 13.9 Å². The maximum absolute atomic E-state index is 6.34. The van der Waals surface area contributed by atoms with Crippen molar-refractivity contribution in [2.45, 2.75) is 0 Å². The van der Waals surface area contributed by atoms with Crippen molar-refractivity contribution in [3.8, 4) is 61.3 Å². The number of nitrogens with zero attached hydrogens (tertiary/aromatic N) is 2. The van der Waals surface area contributed by atoms with Crippen LogP contribution in [0, 0.1) is 0 Å². The first kappa shape index (κ1) is 40.1. The van der Waals surface area contributed by atoms with Gasteiger partial charge >= 0.3 is 0 Å². The summed E-state index contributed by atoms with van der Waals surface area (Å²) in [5.41, 5.74) is 20.2. The fraction of sp³-hybridized carbons (Fsp3) is 0. The van der Waals surface area contributed by atoms with E-state index in [0.717, 1.165) is 72.5 Å². The Balaban J connectivity index is 0.899. The standard InChI is InChI=1S/C66H44N2O/c1-2-17-46(18-3-1)56-27-4-5-28-57(56)50-22-14-24-53(43-50)67(54-25-15-23-51(44-54)58-32-16-36-65-66(58)61-31-8-11-35-64(61)69-65)52-39-37-45(38-40-52)47-19-12-20-48(41-47)49-21-13-26-55(42-49)68-62-33-9-6-29-59(62)60-30-7-10-34-63(60)68/h1-44H. The van der Waals surface area contributed by atoms with Crippen LogP contribution in [0.2, 0.25) is 0 Å². The van der Waals surface area contributed by atoms with E-state index in [1.165, 1.54) is 49.6 Å². The molecular formula is C66H44N2O. The molecule has 13 rings (SSSR count). The second-order valence-corrected chi connectivity index (χ2v) is 17.7. The topological polar surface area (TPSA) is 21.3 Å². The molecule has 0 aliphatic carbocycles. The van der Waals surface area contributed by atoms with Crippen LogP contribution >= 0.6 is 0 Å². The lowest BCUT2D eigenvalue weighted by molar-refractivity contribution is 0.669. The van der Waals surface area contributed by atoms with Gasteiger partial charge in [-0.3, -0.25) is 0 Å². The Morgan fingerprint density at radius 1 is 0.275 bits per heavy atom. The normalized spacial score (nSPS) is 11.5. The van der Waals surface area contributed by atoms with Gasteiger partial charge in [0, 0.05) is 44.3 Å². The summed E-state index contributed by atoms with van der Waals surface area (Å²) >= 11 is 0. The zero-order valence-electron chi connectivity index (χ0n) is 37.7. The van der Waals surface area contributed by atoms with Crippen molar-refractivity contribution in [1.82, 2.24) is 4.57 Å². The van der Waals surface area contributed by atoms with Gasteiger partial charge in [-0.15, -0.1) is 0 Å². The van der Waals surface area contributed by atoms with E-state index in [2.05, 4.69) is 264 Å². The van der Waals surface area contributed by atoms with Crippen molar-refractivity contribution in [3.05, 3.63) is 267 Å². The van der Waals surface area contributed by atoms with Crippen molar-refractivity contribution >= 4 is 60.8 Å². The van der Waals surface area contributed by atoms with Gasteiger partial charge in [-0.2, -0.15) is 0 Å². The number of rotatable bonds is 9. The van der Waals surface area contributed by atoms with Crippen molar-refractivity contribution < 1.29 is 4.42 Å². The molecule has 3 heteroatoms. The van der Waals surface area contributed by atoms with Crippen LogP contribution in [0.25, 0.3) is 105 Å². The average molecular weight is 881 g/mol. The van der Waals surface area contributed by atoms with Crippen LogP contribution in [-0.2, 0) is 0 Å². The number of anilines is 3. The van der Waals surface area contributed by atoms with Crippen molar-refractivity contribution in [2.24, 2.45) is 0 Å². The molecule has 0 aliphatic heterocycles. The molecule has 3 nitrogen and oxygen atoms in total. The molecule has 13 aromatic rings. The van der Waals surface area contributed by atoms with E-state index in [4.69, 9.17) is 4.42 Å². The molecule has 0 unspecified atom stereocenters. The van der Waals surface area contributed by atoms with Crippen molar-refractivity contribution in [3.63, 3.8) is 0 Å². The Hall–Kier alpha value is -9.18. The van der Waals surface area contributed by atoms with Crippen molar-refractivity contribution in [2.75, 3.05) is 4.90 Å². The molecule has 0 N–H and O–H groups in total. The summed E-state index contributed by atoms with van der Waals surface area (Å²) in [6.07, 6.45) is 0. The molecule has 0 saturated heterocycles. The highest BCUT2D eigenvalue weighted by Crippen LogP contribution is 2.43. The summed E-state index contributed by atoms with van der Waals surface area (Å²) in [6, 6.07) is 96.1. The highest BCUT2D eigenvalue weighted by Gasteiger charge is 2.19.